The summed E-state index contributed by atoms with van der Waals surface area (Å²) in [6, 6.07) is 2.79. The van der Waals surface area contributed by atoms with E-state index >= 15 is 0 Å². The normalized spacial score (nSPS) is 36.3. The van der Waals surface area contributed by atoms with Crippen LogP contribution in [0.1, 0.15) is 46.5 Å². The van der Waals surface area contributed by atoms with Gasteiger partial charge in [0.2, 0.25) is 11.8 Å². The van der Waals surface area contributed by atoms with Gasteiger partial charge in [-0.3, -0.25) is 9.59 Å². The van der Waals surface area contributed by atoms with Crippen LogP contribution in [0.2, 0.25) is 0 Å². The maximum Gasteiger partial charge on any atom is 0.223 e. The number of hydrogen-bond acceptors (Lipinski definition) is 4. The van der Waals surface area contributed by atoms with Gasteiger partial charge in [0.15, 0.2) is 0 Å². The summed E-state index contributed by atoms with van der Waals surface area (Å²) in [7, 11) is 0. The quantitative estimate of drug-likeness (QED) is 0.698. The van der Waals surface area contributed by atoms with Crippen molar-refractivity contribution in [2.45, 2.75) is 64.6 Å². The molecule has 3 atom stereocenters. The Morgan fingerprint density at radius 2 is 1.80 bits per heavy atom. The number of nitriles is 1. The van der Waals surface area contributed by atoms with Crippen LogP contribution in [0.25, 0.3) is 0 Å². The molecule has 4 aliphatic rings. The molecular weight excluding hydrogens is 318 g/mol. The molecule has 3 unspecified atom stereocenters. The Morgan fingerprint density at radius 3 is 2.36 bits per heavy atom. The van der Waals surface area contributed by atoms with Gasteiger partial charge in [0, 0.05) is 30.5 Å². The number of hydrogen-bond donors (Lipinski definition) is 2. The minimum atomic E-state index is -0.0722. The van der Waals surface area contributed by atoms with Crippen molar-refractivity contribution in [2.75, 3.05) is 6.61 Å². The van der Waals surface area contributed by atoms with Gasteiger partial charge in [0.1, 0.15) is 0 Å². The lowest BCUT2D eigenvalue weighted by Gasteiger charge is -2.61. The predicted molar refractivity (Wildman–Crippen MR) is 92.2 cm³/mol. The molecule has 0 aromatic carbocycles. The van der Waals surface area contributed by atoms with E-state index in [-0.39, 0.29) is 47.8 Å². The number of carbonyl (C=O) groups excluding carboxylic acids is 2. The Labute approximate surface area is 149 Å². The van der Waals surface area contributed by atoms with Gasteiger partial charge < -0.3 is 15.4 Å². The number of nitrogens with zero attached hydrogens (tertiary/aromatic N) is 1. The lowest BCUT2D eigenvalue weighted by Crippen LogP contribution is -2.69. The second-order valence-electron chi connectivity index (χ2n) is 8.27. The SMILES string of the molecule is CC(C)C(=O)N[C@H]1C[C@@H](OCCC(C)C(=O)NC2C3CC2C3C#N)C1. The smallest absolute Gasteiger partial charge is 0.223 e. The number of ether oxygens (including phenoxy) is 1. The summed E-state index contributed by atoms with van der Waals surface area (Å²) in [4.78, 5) is 23.8. The first-order valence-electron chi connectivity index (χ1n) is 9.52. The number of amides is 2. The molecule has 2 N–H and O–H groups in total. The largest absolute Gasteiger partial charge is 0.378 e. The third-order valence-corrected chi connectivity index (χ3v) is 6.16. The molecule has 0 aromatic heterocycles. The summed E-state index contributed by atoms with van der Waals surface area (Å²) in [5, 5.41) is 15.0. The Hall–Kier alpha value is -1.61. The van der Waals surface area contributed by atoms with Crippen LogP contribution in [0.15, 0.2) is 0 Å². The standard InChI is InChI=1S/C19H29N3O3/c1-10(2)18(23)21-12-6-13(7-12)25-5-4-11(3)19(24)22-17-14-8-15(17)16(14)9-20/h10-17H,4-8H2,1-3H3,(H,21,23)(H,22,24)/t11?,12-,13+,14?,15?,16?,17?. The summed E-state index contributed by atoms with van der Waals surface area (Å²) in [5.74, 6) is 1.07. The van der Waals surface area contributed by atoms with Crippen LogP contribution in [0.3, 0.4) is 0 Å². The van der Waals surface area contributed by atoms with E-state index in [4.69, 9.17) is 10.00 Å². The van der Waals surface area contributed by atoms with Crippen molar-refractivity contribution in [2.24, 2.45) is 29.6 Å². The van der Waals surface area contributed by atoms with Crippen LogP contribution in [-0.4, -0.2) is 36.6 Å². The van der Waals surface area contributed by atoms with Crippen molar-refractivity contribution in [3.8, 4) is 6.07 Å². The fraction of sp³-hybridized carbons (Fsp3) is 0.842. The van der Waals surface area contributed by atoms with E-state index in [1.54, 1.807) is 0 Å². The number of nitrogens with one attached hydrogen (secondary N) is 2. The maximum atomic E-state index is 12.2. The number of rotatable bonds is 8. The molecular formula is C19H29N3O3. The number of carbonyl (C=O) groups is 2. The van der Waals surface area contributed by atoms with E-state index in [1.165, 1.54) is 0 Å². The van der Waals surface area contributed by atoms with Gasteiger partial charge in [-0.2, -0.15) is 5.26 Å². The van der Waals surface area contributed by atoms with E-state index in [0.29, 0.717) is 24.9 Å². The van der Waals surface area contributed by atoms with Crippen LogP contribution < -0.4 is 10.6 Å². The molecule has 0 aliphatic heterocycles. The average Bonchev–Trinajstić information content (AvgIpc) is 2.47. The van der Waals surface area contributed by atoms with Gasteiger partial charge in [0.05, 0.1) is 18.1 Å². The molecule has 0 heterocycles. The molecule has 4 rings (SSSR count). The van der Waals surface area contributed by atoms with Crippen molar-refractivity contribution >= 4 is 11.8 Å². The summed E-state index contributed by atoms with van der Waals surface area (Å²) in [6.45, 7) is 6.28. The topological polar surface area (TPSA) is 91.2 Å². The zero-order chi connectivity index (χ0) is 18.1. The van der Waals surface area contributed by atoms with Crippen LogP contribution in [0, 0.1) is 40.9 Å². The molecule has 138 valence electrons. The summed E-state index contributed by atoms with van der Waals surface area (Å²) in [5.41, 5.74) is 0. The van der Waals surface area contributed by atoms with Gasteiger partial charge in [-0.05, 0) is 37.5 Å². The third kappa shape index (κ3) is 3.67. The van der Waals surface area contributed by atoms with Crippen molar-refractivity contribution < 1.29 is 14.3 Å². The first-order chi connectivity index (χ1) is 11.9. The molecule has 2 bridgehead atoms. The Bertz CT molecular complexity index is 555. The molecule has 4 saturated carbocycles. The molecule has 2 amide bonds. The highest BCUT2D eigenvalue weighted by Gasteiger charge is 2.62. The van der Waals surface area contributed by atoms with Crippen LogP contribution in [-0.2, 0) is 14.3 Å². The van der Waals surface area contributed by atoms with E-state index < -0.39 is 0 Å². The fourth-order valence-corrected chi connectivity index (χ4v) is 3.89. The van der Waals surface area contributed by atoms with E-state index in [1.807, 2.05) is 20.8 Å². The highest BCUT2D eigenvalue weighted by atomic mass is 16.5. The first-order valence-corrected chi connectivity index (χ1v) is 9.52. The zero-order valence-electron chi connectivity index (χ0n) is 15.3. The molecule has 0 aromatic rings. The highest BCUT2D eigenvalue weighted by molar-refractivity contribution is 5.79. The van der Waals surface area contributed by atoms with Crippen LogP contribution >= 0.6 is 0 Å². The molecule has 4 aliphatic carbocycles. The second-order valence-corrected chi connectivity index (χ2v) is 8.27. The summed E-state index contributed by atoms with van der Waals surface area (Å²) < 4.78 is 5.81. The molecule has 4 fully saturated rings. The van der Waals surface area contributed by atoms with Crippen molar-refractivity contribution in [1.29, 1.82) is 5.26 Å². The van der Waals surface area contributed by atoms with Gasteiger partial charge in [-0.25, -0.2) is 0 Å². The zero-order valence-corrected chi connectivity index (χ0v) is 15.3. The third-order valence-electron chi connectivity index (χ3n) is 6.16. The molecule has 6 heteroatoms. The van der Waals surface area contributed by atoms with Gasteiger partial charge in [-0.1, -0.05) is 20.8 Å². The van der Waals surface area contributed by atoms with Gasteiger partial charge in [0.25, 0.3) is 0 Å². The van der Waals surface area contributed by atoms with E-state index in [0.717, 1.165) is 19.3 Å². The average molecular weight is 347 g/mol. The van der Waals surface area contributed by atoms with E-state index in [2.05, 4.69) is 16.7 Å². The molecule has 6 nitrogen and oxygen atoms in total. The Balaban J connectivity index is 1.24. The lowest BCUT2D eigenvalue weighted by molar-refractivity contribution is -0.140. The van der Waals surface area contributed by atoms with Crippen molar-refractivity contribution in [3.05, 3.63) is 0 Å². The monoisotopic (exact) mass is 347 g/mol. The maximum absolute atomic E-state index is 12.2. The van der Waals surface area contributed by atoms with Crippen LogP contribution in [0.4, 0.5) is 0 Å². The van der Waals surface area contributed by atoms with Crippen molar-refractivity contribution in [1.82, 2.24) is 10.6 Å². The van der Waals surface area contributed by atoms with E-state index in [9.17, 15) is 9.59 Å². The summed E-state index contributed by atoms with van der Waals surface area (Å²) >= 11 is 0. The Morgan fingerprint density at radius 1 is 1.12 bits per heavy atom. The lowest BCUT2D eigenvalue weighted by atomic mass is 9.45. The Kier molecular flexibility index (Phi) is 5.33. The molecule has 0 spiro atoms. The minimum Gasteiger partial charge on any atom is -0.378 e. The first kappa shape index (κ1) is 18.2. The van der Waals surface area contributed by atoms with Crippen LogP contribution in [0.5, 0.6) is 0 Å². The minimum absolute atomic E-state index is 0.0180. The predicted octanol–water partition coefficient (Wildman–Crippen LogP) is 1.61. The molecule has 0 saturated heterocycles. The summed E-state index contributed by atoms with van der Waals surface area (Å²) in [6.07, 6.45) is 3.72. The molecule has 25 heavy (non-hydrogen) atoms. The second kappa shape index (κ2) is 7.33. The van der Waals surface area contributed by atoms with Gasteiger partial charge >= 0.3 is 0 Å². The fourth-order valence-electron chi connectivity index (χ4n) is 3.89. The van der Waals surface area contributed by atoms with Gasteiger partial charge in [-0.15, -0.1) is 0 Å². The van der Waals surface area contributed by atoms with Crippen molar-refractivity contribution in [3.63, 3.8) is 0 Å². The molecule has 0 radical (unpaired) electrons. The highest BCUT2D eigenvalue weighted by Crippen LogP contribution is 2.58.